The quantitative estimate of drug-likeness (QED) is 0.520. The minimum absolute atomic E-state index is 0.102. The topological polar surface area (TPSA) is 69.9 Å². The number of rotatable bonds is 6. The second-order valence-electron chi connectivity index (χ2n) is 11.3. The predicted octanol–water partition coefficient (Wildman–Crippen LogP) is 4.94. The maximum Gasteiger partial charge on any atom is 0.0809 e. The molecule has 0 heterocycles. The summed E-state index contributed by atoms with van der Waals surface area (Å²) in [5.41, 5.74) is 2.71. The predicted molar refractivity (Wildman–Crippen MR) is 126 cm³/mol. The van der Waals surface area contributed by atoms with Crippen LogP contribution in [0.2, 0.25) is 0 Å². The fourth-order valence-corrected chi connectivity index (χ4v) is 6.09. The molecule has 7 atom stereocenters. The Kier molecular flexibility index (Phi) is 7.57. The third-order valence-corrected chi connectivity index (χ3v) is 8.72. The van der Waals surface area contributed by atoms with Crippen molar-refractivity contribution in [1.29, 1.82) is 0 Å². The van der Waals surface area contributed by atoms with Gasteiger partial charge in [0.15, 0.2) is 0 Å². The van der Waals surface area contributed by atoms with E-state index in [9.17, 15) is 15.3 Å². The van der Waals surface area contributed by atoms with Gasteiger partial charge in [0.25, 0.3) is 0 Å². The van der Waals surface area contributed by atoms with E-state index in [0.29, 0.717) is 36.9 Å². The van der Waals surface area contributed by atoms with Crippen LogP contribution in [-0.2, 0) is 4.74 Å². The lowest BCUT2D eigenvalue weighted by Crippen LogP contribution is -2.40. The van der Waals surface area contributed by atoms with Gasteiger partial charge >= 0.3 is 0 Å². The van der Waals surface area contributed by atoms with Crippen LogP contribution in [0, 0.1) is 23.2 Å². The third kappa shape index (κ3) is 5.35. The van der Waals surface area contributed by atoms with Gasteiger partial charge in [0.2, 0.25) is 0 Å². The maximum atomic E-state index is 10.2. The van der Waals surface area contributed by atoms with Crippen LogP contribution in [0.5, 0.6) is 0 Å². The summed E-state index contributed by atoms with van der Waals surface area (Å²) in [6.45, 7) is 14.8. The second kappa shape index (κ2) is 9.51. The molecule has 4 unspecified atom stereocenters. The highest BCUT2D eigenvalue weighted by Gasteiger charge is 2.51. The van der Waals surface area contributed by atoms with Crippen molar-refractivity contribution in [2.45, 2.75) is 103 Å². The van der Waals surface area contributed by atoms with Crippen LogP contribution in [0.25, 0.3) is 0 Å². The van der Waals surface area contributed by atoms with Gasteiger partial charge in [0.1, 0.15) is 0 Å². The molecule has 3 fully saturated rings. The Labute approximate surface area is 189 Å². The van der Waals surface area contributed by atoms with Crippen LogP contribution in [0.3, 0.4) is 0 Å². The summed E-state index contributed by atoms with van der Waals surface area (Å²) in [6, 6.07) is 0. The molecule has 0 amide bonds. The summed E-state index contributed by atoms with van der Waals surface area (Å²) >= 11 is 0. The molecule has 4 heteroatoms. The van der Waals surface area contributed by atoms with Gasteiger partial charge in [-0.3, -0.25) is 0 Å². The van der Waals surface area contributed by atoms with Gasteiger partial charge in [0.05, 0.1) is 30.5 Å². The van der Waals surface area contributed by atoms with E-state index in [1.165, 1.54) is 31.3 Å². The summed E-state index contributed by atoms with van der Waals surface area (Å²) in [4.78, 5) is 0. The molecule has 0 aromatic rings. The van der Waals surface area contributed by atoms with E-state index >= 15 is 0 Å². The zero-order chi connectivity index (χ0) is 23.0. The van der Waals surface area contributed by atoms with E-state index in [0.717, 1.165) is 12.0 Å². The fraction of sp³-hybridized carbons (Fsp3) is 0.778. The van der Waals surface area contributed by atoms with Crippen molar-refractivity contribution in [1.82, 2.24) is 0 Å². The summed E-state index contributed by atoms with van der Waals surface area (Å²) < 4.78 is 6.30. The Hall–Kier alpha value is -0.940. The molecule has 176 valence electrons. The second-order valence-corrected chi connectivity index (χ2v) is 11.3. The van der Waals surface area contributed by atoms with Gasteiger partial charge in [0, 0.05) is 5.92 Å². The zero-order valence-electron chi connectivity index (χ0n) is 20.2. The monoisotopic (exact) mass is 432 g/mol. The molecule has 3 saturated carbocycles. The molecule has 0 saturated heterocycles. The molecule has 0 aromatic carbocycles. The maximum absolute atomic E-state index is 10.2. The van der Waals surface area contributed by atoms with Crippen molar-refractivity contribution in [2.24, 2.45) is 23.2 Å². The van der Waals surface area contributed by atoms with Gasteiger partial charge < -0.3 is 20.1 Å². The molecule has 3 aliphatic carbocycles. The number of hydrogen-bond donors (Lipinski definition) is 3. The number of hydrogen-bond acceptors (Lipinski definition) is 4. The van der Waals surface area contributed by atoms with E-state index in [-0.39, 0.29) is 17.4 Å². The van der Waals surface area contributed by atoms with Crippen LogP contribution < -0.4 is 0 Å². The summed E-state index contributed by atoms with van der Waals surface area (Å²) in [7, 11) is 0. The zero-order valence-corrected chi connectivity index (χ0v) is 20.2. The lowest BCUT2D eigenvalue weighted by molar-refractivity contribution is -0.0720. The SMILES string of the molecule is C=C1[C@H](O)CC(=C/C=C2\CCCC3(C)C2CCC3C(C)OC[C@H](C)C(C)(C)O)C[C@H]1O. The minimum atomic E-state index is -0.720. The first-order valence-electron chi connectivity index (χ1n) is 12.2. The molecule has 4 nitrogen and oxygen atoms in total. The fourth-order valence-electron chi connectivity index (χ4n) is 6.09. The molecular formula is C27H44O4. The van der Waals surface area contributed by atoms with E-state index in [4.69, 9.17) is 4.74 Å². The molecule has 0 aliphatic heterocycles. The van der Waals surface area contributed by atoms with Crippen molar-refractivity contribution >= 4 is 0 Å². The van der Waals surface area contributed by atoms with Crippen LogP contribution >= 0.6 is 0 Å². The number of fused-ring (bicyclic) bond motifs is 1. The Morgan fingerprint density at radius 1 is 1.16 bits per heavy atom. The standard InChI is InChI=1S/C27H44O4/c1-17(26(4,5)30)16-31-19(3)22-11-12-23-21(8-7-13-27(22,23)6)10-9-20-14-24(28)18(2)25(29)15-20/h9-10,17,19,22-25,28-30H,2,7-8,11-16H2,1,3-6H3/b21-10+/t17-,19?,22?,23?,24+,25+,27?/m0/s1. The van der Waals surface area contributed by atoms with Gasteiger partial charge in [-0.1, -0.05) is 43.7 Å². The van der Waals surface area contributed by atoms with Crippen molar-refractivity contribution in [2.75, 3.05) is 6.61 Å². The van der Waals surface area contributed by atoms with Crippen molar-refractivity contribution < 1.29 is 20.1 Å². The highest BCUT2D eigenvalue weighted by atomic mass is 16.5. The lowest BCUT2D eigenvalue weighted by atomic mass is 9.62. The normalized spacial score (nSPS) is 37.6. The lowest BCUT2D eigenvalue weighted by Gasteiger charge is -2.44. The Morgan fingerprint density at radius 2 is 1.81 bits per heavy atom. The first-order valence-corrected chi connectivity index (χ1v) is 12.2. The van der Waals surface area contributed by atoms with Gasteiger partial charge in [-0.25, -0.2) is 0 Å². The van der Waals surface area contributed by atoms with E-state index in [1.54, 1.807) is 0 Å². The highest BCUT2D eigenvalue weighted by molar-refractivity contribution is 5.29. The number of allylic oxidation sites excluding steroid dienone is 3. The molecule has 0 spiro atoms. The van der Waals surface area contributed by atoms with E-state index in [1.807, 2.05) is 13.8 Å². The van der Waals surface area contributed by atoms with Gasteiger partial charge in [-0.2, -0.15) is 0 Å². The molecule has 3 N–H and O–H groups in total. The summed E-state index contributed by atoms with van der Waals surface area (Å²) in [5.74, 6) is 1.21. The largest absolute Gasteiger partial charge is 0.390 e. The Bertz CT molecular complexity index is 699. The molecule has 0 bridgehead atoms. The number of aliphatic hydroxyl groups is 3. The number of aliphatic hydroxyl groups excluding tert-OH is 2. The Morgan fingerprint density at radius 3 is 2.42 bits per heavy atom. The molecule has 31 heavy (non-hydrogen) atoms. The molecule has 3 rings (SSSR count). The van der Waals surface area contributed by atoms with Crippen LogP contribution in [-0.4, -0.2) is 45.8 Å². The molecule has 0 aromatic heterocycles. The van der Waals surface area contributed by atoms with Crippen molar-refractivity contribution in [3.8, 4) is 0 Å². The average molecular weight is 433 g/mol. The van der Waals surface area contributed by atoms with E-state index < -0.39 is 17.8 Å². The smallest absolute Gasteiger partial charge is 0.0809 e. The third-order valence-electron chi connectivity index (χ3n) is 8.72. The summed E-state index contributed by atoms with van der Waals surface area (Å²) in [5, 5.41) is 30.5. The minimum Gasteiger partial charge on any atom is -0.390 e. The van der Waals surface area contributed by atoms with Crippen molar-refractivity contribution in [3.05, 3.63) is 35.5 Å². The van der Waals surface area contributed by atoms with Crippen LogP contribution in [0.1, 0.15) is 79.6 Å². The van der Waals surface area contributed by atoms with Crippen LogP contribution in [0.15, 0.2) is 35.5 Å². The van der Waals surface area contributed by atoms with Crippen LogP contribution in [0.4, 0.5) is 0 Å². The van der Waals surface area contributed by atoms with Gasteiger partial charge in [-0.05, 0) is 88.5 Å². The average Bonchev–Trinajstić information content (AvgIpc) is 3.05. The van der Waals surface area contributed by atoms with Gasteiger partial charge in [-0.15, -0.1) is 0 Å². The molecular weight excluding hydrogens is 388 g/mol. The molecule has 3 aliphatic rings. The van der Waals surface area contributed by atoms with Crippen molar-refractivity contribution in [3.63, 3.8) is 0 Å². The highest BCUT2D eigenvalue weighted by Crippen LogP contribution is 2.58. The Balaban J connectivity index is 1.68. The summed E-state index contributed by atoms with van der Waals surface area (Å²) in [6.07, 6.45) is 10.5. The number of ether oxygens (including phenoxy) is 1. The molecule has 0 radical (unpaired) electrons. The van der Waals surface area contributed by atoms with E-state index in [2.05, 4.69) is 39.5 Å². The first-order chi connectivity index (χ1) is 14.4. The first kappa shape index (κ1) is 24.7.